The predicted octanol–water partition coefficient (Wildman–Crippen LogP) is 4.22. The van der Waals surface area contributed by atoms with Crippen molar-refractivity contribution in [2.75, 3.05) is 12.4 Å². The van der Waals surface area contributed by atoms with Crippen LogP contribution < -0.4 is 5.32 Å². The maximum absolute atomic E-state index is 12.7. The number of aryl methyl sites for hydroxylation is 2. The van der Waals surface area contributed by atoms with Crippen molar-refractivity contribution in [3.63, 3.8) is 0 Å². The molecule has 3 rings (SSSR count). The van der Waals surface area contributed by atoms with E-state index < -0.39 is 0 Å². The number of rotatable bonds is 5. The zero-order valence-electron chi connectivity index (χ0n) is 16.3. The van der Waals surface area contributed by atoms with Gasteiger partial charge in [0.1, 0.15) is 0 Å². The lowest BCUT2D eigenvalue weighted by molar-refractivity contribution is 0.0784. The normalized spacial score (nSPS) is 10.4. The number of nitrogens with one attached hydrogen (secondary N) is 1. The SMILES string of the molecule is Cc1ccc(NC(=O)c2cncc(C(=O)N(C)Cc3ccccc3)c2)c(C)c1. The summed E-state index contributed by atoms with van der Waals surface area (Å²) in [5.74, 6) is -0.475. The van der Waals surface area contributed by atoms with E-state index in [4.69, 9.17) is 0 Å². The first-order valence-corrected chi connectivity index (χ1v) is 9.07. The first kappa shape index (κ1) is 19.3. The number of carbonyl (C=O) groups excluding carboxylic acids is 2. The van der Waals surface area contributed by atoms with Gasteiger partial charge in [0.25, 0.3) is 11.8 Å². The quantitative estimate of drug-likeness (QED) is 0.728. The lowest BCUT2D eigenvalue weighted by Crippen LogP contribution is -2.26. The van der Waals surface area contributed by atoms with Gasteiger partial charge in [-0.2, -0.15) is 0 Å². The van der Waals surface area contributed by atoms with Crippen LogP contribution in [0.25, 0.3) is 0 Å². The van der Waals surface area contributed by atoms with Crippen molar-refractivity contribution in [3.05, 3.63) is 94.8 Å². The second-order valence-corrected chi connectivity index (χ2v) is 6.88. The van der Waals surface area contributed by atoms with Crippen molar-refractivity contribution < 1.29 is 9.59 Å². The molecule has 0 atom stereocenters. The van der Waals surface area contributed by atoms with Crippen molar-refractivity contribution in [2.24, 2.45) is 0 Å². The minimum Gasteiger partial charge on any atom is -0.337 e. The standard InChI is InChI=1S/C23H23N3O2/c1-16-9-10-21(17(2)11-16)25-22(27)19-12-20(14-24-13-19)23(28)26(3)15-18-7-5-4-6-8-18/h4-14H,15H2,1-3H3,(H,25,27). The topological polar surface area (TPSA) is 62.3 Å². The van der Waals surface area contributed by atoms with Gasteiger partial charge < -0.3 is 10.2 Å². The summed E-state index contributed by atoms with van der Waals surface area (Å²) < 4.78 is 0. The lowest BCUT2D eigenvalue weighted by atomic mass is 10.1. The molecule has 2 aromatic carbocycles. The molecule has 2 amide bonds. The van der Waals surface area contributed by atoms with E-state index in [9.17, 15) is 9.59 Å². The van der Waals surface area contributed by atoms with Crippen LogP contribution in [0.5, 0.6) is 0 Å². The fraction of sp³-hybridized carbons (Fsp3) is 0.174. The Morgan fingerprint density at radius 3 is 2.39 bits per heavy atom. The van der Waals surface area contributed by atoms with Crippen molar-refractivity contribution >= 4 is 17.5 Å². The summed E-state index contributed by atoms with van der Waals surface area (Å²) in [4.78, 5) is 31.0. The molecule has 3 aromatic rings. The zero-order chi connectivity index (χ0) is 20.1. The number of amides is 2. The highest BCUT2D eigenvalue weighted by Crippen LogP contribution is 2.17. The summed E-state index contributed by atoms with van der Waals surface area (Å²) in [5, 5.41) is 2.89. The molecule has 0 spiro atoms. The number of benzene rings is 2. The Kier molecular flexibility index (Phi) is 5.84. The number of hydrogen-bond acceptors (Lipinski definition) is 3. The first-order valence-electron chi connectivity index (χ1n) is 9.07. The van der Waals surface area contributed by atoms with Crippen LogP contribution in [-0.4, -0.2) is 28.7 Å². The second kappa shape index (κ2) is 8.48. The summed E-state index contributed by atoms with van der Waals surface area (Å²) >= 11 is 0. The van der Waals surface area contributed by atoms with Gasteiger partial charge in [-0.25, -0.2) is 0 Å². The third kappa shape index (κ3) is 4.62. The van der Waals surface area contributed by atoms with Gasteiger partial charge in [0.15, 0.2) is 0 Å². The molecule has 0 aliphatic carbocycles. The molecule has 0 saturated carbocycles. The Morgan fingerprint density at radius 1 is 0.964 bits per heavy atom. The summed E-state index contributed by atoms with van der Waals surface area (Å²) in [5.41, 5.74) is 4.62. The minimum atomic E-state index is -0.292. The van der Waals surface area contributed by atoms with E-state index in [1.807, 2.05) is 62.4 Å². The van der Waals surface area contributed by atoms with Gasteiger partial charge >= 0.3 is 0 Å². The van der Waals surface area contributed by atoms with Crippen LogP contribution in [0.4, 0.5) is 5.69 Å². The van der Waals surface area contributed by atoms with Crippen LogP contribution in [0.1, 0.15) is 37.4 Å². The Hall–Kier alpha value is -3.47. The van der Waals surface area contributed by atoms with E-state index in [2.05, 4.69) is 10.3 Å². The van der Waals surface area contributed by atoms with Crippen molar-refractivity contribution in [1.82, 2.24) is 9.88 Å². The molecule has 5 heteroatoms. The molecule has 0 aliphatic rings. The fourth-order valence-electron chi connectivity index (χ4n) is 2.98. The van der Waals surface area contributed by atoms with E-state index >= 15 is 0 Å². The molecule has 0 bridgehead atoms. The molecule has 0 radical (unpaired) electrons. The van der Waals surface area contributed by atoms with E-state index in [1.54, 1.807) is 18.0 Å². The van der Waals surface area contributed by atoms with Crippen molar-refractivity contribution in [1.29, 1.82) is 0 Å². The van der Waals surface area contributed by atoms with E-state index in [0.29, 0.717) is 17.7 Å². The lowest BCUT2D eigenvalue weighted by Gasteiger charge is -2.17. The Morgan fingerprint density at radius 2 is 1.68 bits per heavy atom. The number of pyridine rings is 1. The molecule has 0 unspecified atom stereocenters. The van der Waals surface area contributed by atoms with Gasteiger partial charge in [0, 0.05) is 31.7 Å². The molecule has 5 nitrogen and oxygen atoms in total. The van der Waals surface area contributed by atoms with E-state index in [0.717, 1.165) is 22.4 Å². The van der Waals surface area contributed by atoms with Crippen LogP contribution in [0.2, 0.25) is 0 Å². The maximum Gasteiger partial charge on any atom is 0.257 e. The minimum absolute atomic E-state index is 0.183. The molecule has 0 saturated heterocycles. The Balaban J connectivity index is 1.73. The largest absolute Gasteiger partial charge is 0.337 e. The fourth-order valence-corrected chi connectivity index (χ4v) is 2.98. The average Bonchev–Trinajstić information content (AvgIpc) is 2.70. The Labute approximate surface area is 165 Å². The summed E-state index contributed by atoms with van der Waals surface area (Å²) in [6.45, 7) is 4.43. The maximum atomic E-state index is 12.7. The van der Waals surface area contributed by atoms with Crippen LogP contribution >= 0.6 is 0 Å². The van der Waals surface area contributed by atoms with Gasteiger partial charge in [-0.3, -0.25) is 14.6 Å². The smallest absolute Gasteiger partial charge is 0.257 e. The van der Waals surface area contributed by atoms with Gasteiger partial charge in [-0.05, 0) is 37.1 Å². The highest BCUT2D eigenvalue weighted by atomic mass is 16.2. The summed E-state index contributed by atoms with van der Waals surface area (Å²) in [6.07, 6.45) is 2.95. The average molecular weight is 373 g/mol. The molecular weight excluding hydrogens is 350 g/mol. The van der Waals surface area contributed by atoms with Crippen molar-refractivity contribution in [2.45, 2.75) is 20.4 Å². The Bertz CT molecular complexity index is 1000. The highest BCUT2D eigenvalue weighted by Gasteiger charge is 2.16. The van der Waals surface area contributed by atoms with Gasteiger partial charge in [-0.15, -0.1) is 0 Å². The molecule has 0 fully saturated rings. The van der Waals surface area contributed by atoms with E-state index in [1.165, 1.54) is 12.4 Å². The van der Waals surface area contributed by atoms with Crippen LogP contribution in [0, 0.1) is 13.8 Å². The molecular formula is C23H23N3O2. The number of hydrogen-bond donors (Lipinski definition) is 1. The monoisotopic (exact) mass is 373 g/mol. The summed E-state index contributed by atoms with van der Waals surface area (Å²) in [7, 11) is 1.73. The van der Waals surface area contributed by atoms with Crippen LogP contribution in [0.3, 0.4) is 0 Å². The summed E-state index contributed by atoms with van der Waals surface area (Å²) in [6, 6.07) is 17.2. The van der Waals surface area contributed by atoms with Gasteiger partial charge in [-0.1, -0.05) is 48.0 Å². The van der Waals surface area contributed by atoms with Crippen LogP contribution in [-0.2, 0) is 6.54 Å². The predicted molar refractivity (Wildman–Crippen MR) is 110 cm³/mol. The van der Waals surface area contributed by atoms with Gasteiger partial charge in [0.2, 0.25) is 0 Å². The molecule has 1 heterocycles. The number of anilines is 1. The number of carbonyl (C=O) groups is 2. The van der Waals surface area contributed by atoms with Crippen molar-refractivity contribution in [3.8, 4) is 0 Å². The molecule has 28 heavy (non-hydrogen) atoms. The number of aromatic nitrogens is 1. The second-order valence-electron chi connectivity index (χ2n) is 6.88. The first-order chi connectivity index (χ1) is 13.4. The zero-order valence-corrected chi connectivity index (χ0v) is 16.3. The third-order valence-corrected chi connectivity index (χ3v) is 4.49. The van der Waals surface area contributed by atoms with E-state index in [-0.39, 0.29) is 11.8 Å². The molecule has 1 aromatic heterocycles. The molecule has 142 valence electrons. The van der Waals surface area contributed by atoms with Crippen LogP contribution in [0.15, 0.2) is 67.0 Å². The number of nitrogens with zero attached hydrogens (tertiary/aromatic N) is 2. The van der Waals surface area contributed by atoms with Gasteiger partial charge in [0.05, 0.1) is 11.1 Å². The third-order valence-electron chi connectivity index (χ3n) is 4.49. The highest BCUT2D eigenvalue weighted by molar-refractivity contribution is 6.06. The molecule has 1 N–H and O–H groups in total. The molecule has 0 aliphatic heterocycles.